The molecule has 1 amide bonds. The highest BCUT2D eigenvalue weighted by Crippen LogP contribution is 2.33. The van der Waals surface area contributed by atoms with Gasteiger partial charge in [0.15, 0.2) is 0 Å². The van der Waals surface area contributed by atoms with E-state index in [1.165, 1.54) is 38.8 Å². The van der Waals surface area contributed by atoms with E-state index in [9.17, 15) is 4.79 Å². The highest BCUT2D eigenvalue weighted by Gasteiger charge is 2.16. The third kappa shape index (κ3) is 6.55. The fraction of sp³-hybridized carbons (Fsp3) is 0.344. The molecule has 7 heteroatoms. The largest absolute Gasteiger partial charge is 0.497 e. The van der Waals surface area contributed by atoms with Crippen molar-refractivity contribution in [2.45, 2.75) is 32.1 Å². The number of carbonyl (C=O) groups is 1. The molecule has 0 bridgehead atoms. The number of nitrogens with one attached hydrogen (secondary N) is 1. The van der Waals surface area contributed by atoms with Crippen molar-refractivity contribution >= 4 is 16.9 Å². The van der Waals surface area contributed by atoms with Crippen LogP contribution in [0.25, 0.3) is 33.5 Å². The zero-order chi connectivity index (χ0) is 27.0. The summed E-state index contributed by atoms with van der Waals surface area (Å²) in [5.74, 6) is 1.47. The van der Waals surface area contributed by atoms with Crippen molar-refractivity contribution in [3.63, 3.8) is 0 Å². The van der Waals surface area contributed by atoms with Crippen LogP contribution >= 0.6 is 0 Å². The second kappa shape index (κ2) is 12.7. The summed E-state index contributed by atoms with van der Waals surface area (Å²) in [5.41, 5.74) is 5.35. The third-order valence-corrected chi connectivity index (χ3v) is 7.29. The highest BCUT2D eigenvalue weighted by molar-refractivity contribution is 5.98. The number of rotatable bonds is 9. The molecule has 1 fully saturated rings. The first-order chi connectivity index (χ1) is 19.1. The maximum atomic E-state index is 13.0. The summed E-state index contributed by atoms with van der Waals surface area (Å²) in [6.07, 6.45) is 6.18. The predicted molar refractivity (Wildman–Crippen MR) is 155 cm³/mol. The third-order valence-electron chi connectivity index (χ3n) is 7.29. The van der Waals surface area contributed by atoms with Gasteiger partial charge in [-0.25, -0.2) is 9.97 Å². The summed E-state index contributed by atoms with van der Waals surface area (Å²) in [4.78, 5) is 25.5. The van der Waals surface area contributed by atoms with Gasteiger partial charge in [-0.1, -0.05) is 12.8 Å². The van der Waals surface area contributed by atoms with Crippen LogP contribution in [0.3, 0.4) is 0 Å². The second-order valence-electron chi connectivity index (χ2n) is 9.95. The second-order valence-corrected chi connectivity index (χ2v) is 9.95. The SMILES string of the molecule is COc1ccc(-c2nc3ccc(C(=O)NCCCN4CCCCCC4)cc3nc2-c2ccc(OC)cc2)cc1. The molecule has 0 radical (unpaired) electrons. The smallest absolute Gasteiger partial charge is 0.251 e. The topological polar surface area (TPSA) is 76.6 Å². The maximum Gasteiger partial charge on any atom is 0.251 e. The first kappa shape index (κ1) is 26.6. The summed E-state index contributed by atoms with van der Waals surface area (Å²) in [6, 6.07) is 21.1. The van der Waals surface area contributed by atoms with Gasteiger partial charge in [0.1, 0.15) is 11.5 Å². The van der Waals surface area contributed by atoms with Gasteiger partial charge in [-0.15, -0.1) is 0 Å². The first-order valence-electron chi connectivity index (χ1n) is 13.8. The Kier molecular flexibility index (Phi) is 8.68. The summed E-state index contributed by atoms with van der Waals surface area (Å²) in [6.45, 7) is 4.04. The molecule has 202 valence electrons. The van der Waals surface area contributed by atoms with E-state index in [0.717, 1.165) is 52.5 Å². The molecule has 3 aromatic carbocycles. The fourth-order valence-corrected chi connectivity index (χ4v) is 5.06. The lowest BCUT2D eigenvalue weighted by molar-refractivity contribution is 0.0951. The molecule has 7 nitrogen and oxygen atoms in total. The number of methoxy groups -OCH3 is 2. The Labute approximate surface area is 230 Å². The molecule has 1 aliphatic rings. The van der Waals surface area contributed by atoms with Crippen LogP contribution in [0.5, 0.6) is 11.5 Å². The van der Waals surface area contributed by atoms with E-state index in [0.29, 0.717) is 17.6 Å². The fourth-order valence-electron chi connectivity index (χ4n) is 5.06. The lowest BCUT2D eigenvalue weighted by atomic mass is 10.0. The van der Waals surface area contributed by atoms with Crippen molar-refractivity contribution in [1.29, 1.82) is 0 Å². The number of amides is 1. The van der Waals surface area contributed by atoms with Gasteiger partial charge in [0.05, 0.1) is 36.6 Å². The minimum absolute atomic E-state index is 0.0835. The molecular formula is C32H36N4O3. The summed E-state index contributed by atoms with van der Waals surface area (Å²) in [7, 11) is 3.30. The van der Waals surface area contributed by atoms with E-state index in [1.807, 2.05) is 66.7 Å². The number of carbonyl (C=O) groups excluding carboxylic acids is 1. The quantitative estimate of drug-likeness (QED) is 0.272. The molecule has 0 atom stereocenters. The van der Waals surface area contributed by atoms with Gasteiger partial charge >= 0.3 is 0 Å². The monoisotopic (exact) mass is 524 g/mol. The van der Waals surface area contributed by atoms with Gasteiger partial charge < -0.3 is 19.7 Å². The minimum Gasteiger partial charge on any atom is -0.497 e. The van der Waals surface area contributed by atoms with E-state index < -0.39 is 0 Å². The average molecular weight is 525 g/mol. The molecule has 39 heavy (non-hydrogen) atoms. The van der Waals surface area contributed by atoms with Crippen LogP contribution in [0.1, 0.15) is 42.5 Å². The van der Waals surface area contributed by atoms with Crippen LogP contribution in [0.4, 0.5) is 0 Å². The Bertz CT molecular complexity index is 1400. The van der Waals surface area contributed by atoms with E-state index in [1.54, 1.807) is 14.2 Å². The maximum absolute atomic E-state index is 13.0. The molecule has 1 aromatic heterocycles. The van der Waals surface area contributed by atoms with E-state index >= 15 is 0 Å². The lowest BCUT2D eigenvalue weighted by Gasteiger charge is -2.19. The van der Waals surface area contributed by atoms with Crippen LogP contribution in [-0.2, 0) is 0 Å². The standard InChI is InChI=1S/C32H36N4O3/c1-38-26-13-8-23(9-14-26)30-31(24-10-15-27(39-2)16-11-24)35-29-22-25(12-17-28(29)34-30)32(37)33-18-7-21-36-19-5-3-4-6-20-36/h8-17,22H,3-7,18-21H2,1-2H3,(H,33,37). The number of benzene rings is 3. The van der Waals surface area contributed by atoms with Crippen molar-refractivity contribution < 1.29 is 14.3 Å². The first-order valence-corrected chi connectivity index (χ1v) is 13.8. The van der Waals surface area contributed by atoms with Crippen molar-refractivity contribution in [1.82, 2.24) is 20.2 Å². The van der Waals surface area contributed by atoms with Crippen molar-refractivity contribution in [2.24, 2.45) is 0 Å². The molecular weight excluding hydrogens is 488 g/mol. The van der Waals surface area contributed by atoms with E-state index in [2.05, 4.69) is 10.2 Å². The van der Waals surface area contributed by atoms with Gasteiger partial charge in [-0.3, -0.25) is 4.79 Å². The van der Waals surface area contributed by atoms with Crippen LogP contribution in [0, 0.1) is 0 Å². The molecule has 0 unspecified atom stereocenters. The van der Waals surface area contributed by atoms with Gasteiger partial charge in [0.25, 0.3) is 5.91 Å². The predicted octanol–water partition coefficient (Wildman–Crippen LogP) is 5.98. The molecule has 5 rings (SSSR count). The van der Waals surface area contributed by atoms with Gasteiger partial charge in [0.2, 0.25) is 0 Å². The van der Waals surface area contributed by atoms with Gasteiger partial charge in [0, 0.05) is 23.2 Å². The Balaban J connectivity index is 1.38. The minimum atomic E-state index is -0.0835. The number of fused-ring (bicyclic) bond motifs is 1. The van der Waals surface area contributed by atoms with Crippen molar-refractivity contribution in [2.75, 3.05) is 40.4 Å². The van der Waals surface area contributed by atoms with Crippen LogP contribution < -0.4 is 14.8 Å². The Morgan fingerprint density at radius 2 is 1.33 bits per heavy atom. The Morgan fingerprint density at radius 1 is 0.769 bits per heavy atom. The molecule has 1 aliphatic heterocycles. The normalized spacial score (nSPS) is 14.1. The van der Waals surface area contributed by atoms with Crippen LogP contribution in [0.2, 0.25) is 0 Å². The van der Waals surface area contributed by atoms with Gasteiger partial charge in [-0.05, 0) is 106 Å². The van der Waals surface area contributed by atoms with E-state index in [-0.39, 0.29) is 5.91 Å². The number of aromatic nitrogens is 2. The number of nitrogens with zero attached hydrogens (tertiary/aromatic N) is 3. The molecule has 2 heterocycles. The summed E-state index contributed by atoms with van der Waals surface area (Å²) >= 11 is 0. The highest BCUT2D eigenvalue weighted by atomic mass is 16.5. The molecule has 0 saturated carbocycles. The van der Waals surface area contributed by atoms with Crippen LogP contribution in [0.15, 0.2) is 66.7 Å². The summed E-state index contributed by atoms with van der Waals surface area (Å²) < 4.78 is 10.7. The number of ether oxygens (including phenoxy) is 2. The number of likely N-dealkylation sites (tertiary alicyclic amines) is 1. The van der Waals surface area contributed by atoms with Crippen LogP contribution in [-0.4, -0.2) is 61.2 Å². The molecule has 0 aliphatic carbocycles. The molecule has 4 aromatic rings. The Morgan fingerprint density at radius 3 is 1.90 bits per heavy atom. The van der Waals surface area contributed by atoms with Crippen molar-refractivity contribution in [3.8, 4) is 34.0 Å². The number of hydrogen-bond donors (Lipinski definition) is 1. The molecule has 1 N–H and O–H groups in total. The summed E-state index contributed by atoms with van der Waals surface area (Å²) in [5, 5.41) is 3.09. The van der Waals surface area contributed by atoms with Gasteiger partial charge in [-0.2, -0.15) is 0 Å². The lowest BCUT2D eigenvalue weighted by Crippen LogP contribution is -2.30. The number of hydrogen-bond acceptors (Lipinski definition) is 6. The van der Waals surface area contributed by atoms with Crippen molar-refractivity contribution in [3.05, 3.63) is 72.3 Å². The Hall–Kier alpha value is -3.97. The zero-order valence-corrected chi connectivity index (χ0v) is 22.8. The zero-order valence-electron chi connectivity index (χ0n) is 22.8. The molecule has 1 saturated heterocycles. The molecule has 0 spiro atoms. The average Bonchev–Trinajstić information content (AvgIpc) is 3.27. The van der Waals surface area contributed by atoms with E-state index in [4.69, 9.17) is 19.4 Å².